The zero-order valence-electron chi connectivity index (χ0n) is 15.4. The highest BCUT2D eigenvalue weighted by Gasteiger charge is 2.17. The van der Waals surface area contributed by atoms with Crippen molar-refractivity contribution in [2.45, 2.75) is 31.8 Å². The lowest BCUT2D eigenvalue weighted by Gasteiger charge is -2.16. The molecule has 8 heteroatoms. The number of halogens is 1. The summed E-state index contributed by atoms with van der Waals surface area (Å²) in [6, 6.07) is 12.3. The fraction of sp³-hybridized carbons (Fsp3) is 0.316. The third-order valence-electron chi connectivity index (χ3n) is 3.58. The van der Waals surface area contributed by atoms with Crippen LogP contribution < -0.4 is 14.8 Å². The van der Waals surface area contributed by atoms with Gasteiger partial charge in [0, 0.05) is 11.6 Å². The Kier molecular flexibility index (Phi) is 7.10. The molecule has 2 aromatic rings. The fourth-order valence-corrected chi connectivity index (χ4v) is 3.41. The number of carbonyl (C=O) groups is 1. The van der Waals surface area contributed by atoms with Crippen molar-refractivity contribution in [3.05, 3.63) is 53.6 Å². The Hall–Kier alpha value is -2.25. The molecule has 2 N–H and O–H groups in total. The number of sulfonamides is 1. The molecule has 2 aromatic carbocycles. The normalized spacial score (nSPS) is 12.5. The van der Waals surface area contributed by atoms with Gasteiger partial charge in [0.1, 0.15) is 5.75 Å². The van der Waals surface area contributed by atoms with Crippen LogP contribution in [0.15, 0.2) is 53.4 Å². The minimum absolute atomic E-state index is 0.0757. The Morgan fingerprint density at radius 3 is 2.37 bits per heavy atom. The molecular formula is C19H23ClN2O4S. The predicted octanol–water partition coefficient (Wildman–Crippen LogP) is 3.68. The second-order valence-electron chi connectivity index (χ2n) is 6.49. The third kappa shape index (κ3) is 6.45. The molecule has 1 atom stereocenters. The van der Waals surface area contributed by atoms with E-state index in [9.17, 15) is 13.2 Å². The van der Waals surface area contributed by atoms with Crippen LogP contribution in [0.25, 0.3) is 0 Å². The second kappa shape index (κ2) is 9.10. The van der Waals surface area contributed by atoms with Crippen LogP contribution in [-0.2, 0) is 14.8 Å². The highest BCUT2D eigenvalue weighted by atomic mass is 35.5. The predicted molar refractivity (Wildman–Crippen MR) is 107 cm³/mol. The van der Waals surface area contributed by atoms with Crippen molar-refractivity contribution >= 4 is 33.2 Å². The van der Waals surface area contributed by atoms with Gasteiger partial charge in [-0.05, 0) is 55.3 Å². The van der Waals surface area contributed by atoms with Gasteiger partial charge in [0.25, 0.3) is 15.9 Å². The summed E-state index contributed by atoms with van der Waals surface area (Å²) in [5, 5.41) is 3.22. The molecule has 2 rings (SSSR count). The van der Waals surface area contributed by atoms with Crippen molar-refractivity contribution in [1.82, 2.24) is 5.32 Å². The molecule has 0 heterocycles. The number of benzene rings is 2. The van der Waals surface area contributed by atoms with E-state index in [2.05, 4.69) is 10.0 Å². The Morgan fingerprint density at radius 2 is 1.78 bits per heavy atom. The van der Waals surface area contributed by atoms with Crippen LogP contribution in [0.5, 0.6) is 5.75 Å². The summed E-state index contributed by atoms with van der Waals surface area (Å²) in [6.07, 6.45) is -0.684. The van der Waals surface area contributed by atoms with Crippen LogP contribution in [0.1, 0.15) is 20.8 Å². The highest BCUT2D eigenvalue weighted by Crippen LogP contribution is 2.21. The summed E-state index contributed by atoms with van der Waals surface area (Å²) >= 11 is 5.87. The third-order valence-corrected chi connectivity index (χ3v) is 5.21. The molecule has 146 valence electrons. The van der Waals surface area contributed by atoms with Gasteiger partial charge in [-0.1, -0.05) is 31.5 Å². The summed E-state index contributed by atoms with van der Waals surface area (Å²) in [7, 11) is -3.75. The largest absolute Gasteiger partial charge is 0.481 e. The fourth-order valence-electron chi connectivity index (χ4n) is 2.17. The second-order valence-corrected chi connectivity index (χ2v) is 8.61. The summed E-state index contributed by atoms with van der Waals surface area (Å²) < 4.78 is 32.9. The average Bonchev–Trinajstić information content (AvgIpc) is 2.59. The van der Waals surface area contributed by atoms with Crippen molar-refractivity contribution in [1.29, 1.82) is 0 Å². The van der Waals surface area contributed by atoms with Gasteiger partial charge in [-0.3, -0.25) is 9.52 Å². The van der Waals surface area contributed by atoms with E-state index in [1.54, 1.807) is 25.1 Å². The van der Waals surface area contributed by atoms with Crippen LogP contribution in [-0.4, -0.2) is 27.0 Å². The maximum atomic E-state index is 12.4. The number of ether oxygens (including phenoxy) is 1. The Labute approximate surface area is 164 Å². The summed E-state index contributed by atoms with van der Waals surface area (Å²) in [5.74, 6) is 0.532. The summed E-state index contributed by atoms with van der Waals surface area (Å²) in [6.45, 7) is 6.21. The van der Waals surface area contributed by atoms with E-state index in [0.717, 1.165) is 0 Å². The first-order chi connectivity index (χ1) is 12.7. The number of hydrogen-bond acceptors (Lipinski definition) is 4. The molecule has 27 heavy (non-hydrogen) atoms. The van der Waals surface area contributed by atoms with E-state index in [-0.39, 0.29) is 10.8 Å². The quantitative estimate of drug-likeness (QED) is 0.695. The lowest BCUT2D eigenvalue weighted by molar-refractivity contribution is -0.127. The molecule has 0 aliphatic heterocycles. The molecular weight excluding hydrogens is 388 g/mol. The van der Waals surface area contributed by atoms with E-state index in [4.69, 9.17) is 16.3 Å². The molecule has 0 saturated heterocycles. The molecule has 0 fully saturated rings. The lowest BCUT2D eigenvalue weighted by atomic mass is 10.2. The number of anilines is 1. The van der Waals surface area contributed by atoms with Gasteiger partial charge in [0.2, 0.25) is 0 Å². The number of hydrogen-bond donors (Lipinski definition) is 2. The molecule has 0 radical (unpaired) electrons. The smallest absolute Gasteiger partial charge is 0.261 e. The molecule has 0 saturated carbocycles. The van der Waals surface area contributed by atoms with Crippen molar-refractivity contribution in [3.63, 3.8) is 0 Å². The summed E-state index contributed by atoms with van der Waals surface area (Å²) in [4.78, 5) is 12.0. The monoisotopic (exact) mass is 410 g/mol. The maximum Gasteiger partial charge on any atom is 0.261 e. The van der Waals surface area contributed by atoms with Gasteiger partial charge in [0.05, 0.1) is 10.6 Å². The van der Waals surface area contributed by atoms with Crippen molar-refractivity contribution in [3.8, 4) is 5.75 Å². The molecule has 0 aliphatic rings. The van der Waals surface area contributed by atoms with E-state index >= 15 is 0 Å². The first-order valence-corrected chi connectivity index (χ1v) is 10.4. The molecule has 0 bridgehead atoms. The Balaban J connectivity index is 2.02. The standard InChI is InChI=1S/C19H23ClN2O4S/c1-13(2)12-21-19(23)14(3)26-17-7-9-18(10-8-17)27(24,25)22-16-6-4-5-15(20)11-16/h4-11,13-14,22H,12H2,1-3H3,(H,21,23)/t14-/m1/s1. The van der Waals surface area contributed by atoms with Crippen LogP contribution in [0.4, 0.5) is 5.69 Å². The molecule has 1 amide bonds. The van der Waals surface area contributed by atoms with Crippen LogP contribution in [0.2, 0.25) is 5.02 Å². The zero-order valence-corrected chi connectivity index (χ0v) is 17.0. The van der Waals surface area contributed by atoms with E-state index in [1.165, 1.54) is 30.3 Å². The maximum absolute atomic E-state index is 12.4. The Morgan fingerprint density at radius 1 is 1.11 bits per heavy atom. The zero-order chi connectivity index (χ0) is 20.0. The van der Waals surface area contributed by atoms with Crippen molar-refractivity contribution in [2.75, 3.05) is 11.3 Å². The van der Waals surface area contributed by atoms with Crippen LogP contribution >= 0.6 is 11.6 Å². The average molecular weight is 411 g/mol. The lowest BCUT2D eigenvalue weighted by Crippen LogP contribution is -2.38. The van der Waals surface area contributed by atoms with Crippen molar-refractivity contribution < 1.29 is 17.9 Å². The minimum atomic E-state index is -3.75. The molecule has 6 nitrogen and oxygen atoms in total. The first-order valence-electron chi connectivity index (χ1n) is 8.50. The van der Waals surface area contributed by atoms with Crippen LogP contribution in [0, 0.1) is 5.92 Å². The number of nitrogens with one attached hydrogen (secondary N) is 2. The van der Waals surface area contributed by atoms with Gasteiger partial charge in [-0.25, -0.2) is 8.42 Å². The van der Waals surface area contributed by atoms with Gasteiger partial charge in [-0.2, -0.15) is 0 Å². The van der Waals surface area contributed by atoms with Gasteiger partial charge < -0.3 is 10.1 Å². The van der Waals surface area contributed by atoms with Gasteiger partial charge >= 0.3 is 0 Å². The van der Waals surface area contributed by atoms with Crippen molar-refractivity contribution in [2.24, 2.45) is 5.92 Å². The highest BCUT2D eigenvalue weighted by molar-refractivity contribution is 7.92. The Bertz CT molecular complexity index is 883. The molecule has 0 unspecified atom stereocenters. The van der Waals surface area contributed by atoms with E-state index < -0.39 is 16.1 Å². The SMILES string of the molecule is CC(C)CNC(=O)[C@@H](C)Oc1ccc(S(=O)(=O)Nc2cccc(Cl)c2)cc1. The molecule has 0 aliphatic carbocycles. The molecule has 0 aromatic heterocycles. The summed E-state index contributed by atoms with van der Waals surface area (Å²) in [5.41, 5.74) is 0.373. The topological polar surface area (TPSA) is 84.5 Å². The number of amides is 1. The van der Waals surface area contributed by atoms with Gasteiger partial charge in [0.15, 0.2) is 6.10 Å². The minimum Gasteiger partial charge on any atom is -0.481 e. The number of carbonyl (C=O) groups excluding carboxylic acids is 1. The molecule has 0 spiro atoms. The van der Waals surface area contributed by atoms with Crippen LogP contribution in [0.3, 0.4) is 0 Å². The van der Waals surface area contributed by atoms with E-state index in [0.29, 0.717) is 28.9 Å². The number of rotatable bonds is 8. The van der Waals surface area contributed by atoms with Gasteiger partial charge in [-0.15, -0.1) is 0 Å². The first kappa shape index (κ1) is 21.1. The van der Waals surface area contributed by atoms with E-state index in [1.807, 2.05) is 13.8 Å².